The molecule has 0 saturated carbocycles. The number of dihydropyridines is 1. The summed E-state index contributed by atoms with van der Waals surface area (Å²) >= 11 is 1.58. The second kappa shape index (κ2) is 6.38. The molecule has 1 aliphatic rings. The number of esters is 1. The van der Waals surface area contributed by atoms with E-state index in [0.717, 1.165) is 34.5 Å². The van der Waals surface area contributed by atoms with Gasteiger partial charge in [0, 0.05) is 28.5 Å². The molecule has 0 bridgehead atoms. The van der Waals surface area contributed by atoms with Crippen molar-refractivity contribution in [2.45, 2.75) is 20.3 Å². The predicted molar refractivity (Wildman–Crippen MR) is 93.0 cm³/mol. The van der Waals surface area contributed by atoms with Crippen molar-refractivity contribution in [2.24, 2.45) is 0 Å². The fraction of sp³-hybridized carbons (Fsp3) is 0.222. The summed E-state index contributed by atoms with van der Waals surface area (Å²) in [5, 5.41) is 7.30. The van der Waals surface area contributed by atoms with E-state index in [1.165, 1.54) is 7.11 Å². The van der Waals surface area contributed by atoms with Crippen LogP contribution in [0.4, 0.5) is 0 Å². The molecule has 0 aliphatic carbocycles. The maximum atomic E-state index is 12.4. The third-order valence-corrected chi connectivity index (χ3v) is 4.59. The molecule has 0 fully saturated rings. The number of allylic oxidation sites excluding steroid dienone is 4. The highest BCUT2D eigenvalue weighted by atomic mass is 32.1. The lowest BCUT2D eigenvalue weighted by molar-refractivity contribution is 0.0601. The first-order valence-electron chi connectivity index (χ1n) is 7.35. The molecule has 2 aromatic heterocycles. The van der Waals surface area contributed by atoms with Gasteiger partial charge in [-0.15, -0.1) is 0 Å². The second-order valence-corrected chi connectivity index (χ2v) is 6.19. The van der Waals surface area contributed by atoms with Crippen LogP contribution in [0.5, 0.6) is 0 Å². The van der Waals surface area contributed by atoms with Gasteiger partial charge in [-0.2, -0.15) is 11.3 Å². The van der Waals surface area contributed by atoms with Crippen LogP contribution < -0.4 is 5.32 Å². The summed E-state index contributed by atoms with van der Waals surface area (Å²) in [5.74, 6) is -0.360. The quantitative estimate of drug-likeness (QED) is 0.858. The van der Waals surface area contributed by atoms with Crippen LogP contribution in [0, 0.1) is 0 Å². The molecule has 0 amide bonds. The minimum atomic E-state index is -0.360. The number of nitrogens with zero attached hydrogens (tertiary/aromatic N) is 1. The van der Waals surface area contributed by atoms with Crippen molar-refractivity contribution < 1.29 is 9.53 Å². The molecule has 0 spiro atoms. The number of hydrogen-bond donors (Lipinski definition) is 1. The smallest absolute Gasteiger partial charge is 0.340 e. The molecule has 0 atom stereocenters. The zero-order chi connectivity index (χ0) is 16.4. The molecular formula is C18H18N2O2S. The van der Waals surface area contributed by atoms with Gasteiger partial charge in [0.1, 0.15) is 0 Å². The molecule has 1 aliphatic heterocycles. The summed E-state index contributed by atoms with van der Waals surface area (Å²) in [4.78, 5) is 16.9. The van der Waals surface area contributed by atoms with Gasteiger partial charge in [0.15, 0.2) is 0 Å². The topological polar surface area (TPSA) is 51.2 Å². The number of ether oxygens (including phenoxy) is 1. The number of pyridine rings is 1. The van der Waals surface area contributed by atoms with Crippen molar-refractivity contribution in [3.63, 3.8) is 0 Å². The molecule has 3 heterocycles. The van der Waals surface area contributed by atoms with Gasteiger partial charge in [0.25, 0.3) is 0 Å². The number of aromatic nitrogens is 1. The average Bonchev–Trinajstić information content (AvgIpc) is 3.08. The Bertz CT molecular complexity index is 804. The highest BCUT2D eigenvalue weighted by Gasteiger charge is 2.23. The Balaban J connectivity index is 2.20. The first-order valence-corrected chi connectivity index (χ1v) is 8.30. The Labute approximate surface area is 139 Å². The van der Waals surface area contributed by atoms with Crippen molar-refractivity contribution in [1.82, 2.24) is 10.3 Å². The monoisotopic (exact) mass is 326 g/mol. The molecule has 2 aromatic rings. The Morgan fingerprint density at radius 3 is 2.83 bits per heavy atom. The van der Waals surface area contributed by atoms with Gasteiger partial charge in [-0.05, 0) is 48.9 Å². The van der Waals surface area contributed by atoms with Gasteiger partial charge in [0.05, 0.1) is 18.4 Å². The maximum absolute atomic E-state index is 12.4. The Morgan fingerprint density at radius 2 is 2.17 bits per heavy atom. The molecule has 23 heavy (non-hydrogen) atoms. The molecular weight excluding hydrogens is 308 g/mol. The van der Waals surface area contributed by atoms with Crippen LogP contribution in [0.25, 0.3) is 16.8 Å². The van der Waals surface area contributed by atoms with Gasteiger partial charge in [-0.25, -0.2) is 4.79 Å². The molecule has 118 valence electrons. The van der Waals surface area contributed by atoms with Crippen molar-refractivity contribution in [3.8, 4) is 11.3 Å². The normalized spacial score (nSPS) is 14.3. The molecule has 0 radical (unpaired) electrons. The van der Waals surface area contributed by atoms with Gasteiger partial charge >= 0.3 is 5.97 Å². The molecule has 0 saturated heterocycles. The Hall–Kier alpha value is -2.40. The van der Waals surface area contributed by atoms with E-state index in [9.17, 15) is 4.79 Å². The van der Waals surface area contributed by atoms with Gasteiger partial charge in [-0.1, -0.05) is 6.08 Å². The zero-order valence-electron chi connectivity index (χ0n) is 13.3. The van der Waals surface area contributed by atoms with Gasteiger partial charge in [0.2, 0.25) is 0 Å². The summed E-state index contributed by atoms with van der Waals surface area (Å²) in [5.41, 5.74) is 6.28. The van der Waals surface area contributed by atoms with Crippen LogP contribution in [0.2, 0.25) is 0 Å². The fourth-order valence-electron chi connectivity index (χ4n) is 2.78. The number of rotatable bonds is 3. The predicted octanol–water partition coefficient (Wildman–Crippen LogP) is 4.22. The van der Waals surface area contributed by atoms with Crippen molar-refractivity contribution >= 4 is 22.9 Å². The molecule has 4 nitrogen and oxygen atoms in total. The van der Waals surface area contributed by atoms with Crippen molar-refractivity contribution in [1.29, 1.82) is 0 Å². The largest absolute Gasteiger partial charge is 0.465 e. The number of nitrogens with one attached hydrogen (secondary N) is 1. The molecule has 1 N–H and O–H groups in total. The minimum absolute atomic E-state index is 0.360. The SMILES string of the molecule is COC(=O)c1c(C2=C(C)NC(C)=CC2)ccnc1-c1ccsc1. The van der Waals surface area contributed by atoms with Crippen LogP contribution in [0.1, 0.15) is 36.2 Å². The maximum Gasteiger partial charge on any atom is 0.340 e. The van der Waals surface area contributed by atoms with Crippen LogP contribution in [0.3, 0.4) is 0 Å². The van der Waals surface area contributed by atoms with Crippen molar-refractivity contribution in [2.75, 3.05) is 7.11 Å². The number of methoxy groups -OCH3 is 1. The van der Waals surface area contributed by atoms with E-state index in [4.69, 9.17) is 4.74 Å². The van der Waals surface area contributed by atoms with Gasteiger partial charge in [-0.3, -0.25) is 4.98 Å². The van der Waals surface area contributed by atoms with E-state index in [-0.39, 0.29) is 5.97 Å². The summed E-state index contributed by atoms with van der Waals surface area (Å²) in [6.45, 7) is 4.06. The summed E-state index contributed by atoms with van der Waals surface area (Å²) < 4.78 is 5.03. The number of hydrogen-bond acceptors (Lipinski definition) is 5. The van der Waals surface area contributed by atoms with Gasteiger partial charge < -0.3 is 10.1 Å². The number of thiophene rings is 1. The summed E-state index contributed by atoms with van der Waals surface area (Å²) in [7, 11) is 1.40. The lowest BCUT2D eigenvalue weighted by atomic mass is 9.92. The van der Waals surface area contributed by atoms with Crippen LogP contribution in [0.15, 0.2) is 46.6 Å². The molecule has 0 unspecified atom stereocenters. The Morgan fingerprint density at radius 1 is 1.35 bits per heavy atom. The zero-order valence-corrected chi connectivity index (χ0v) is 14.2. The van der Waals surface area contributed by atoms with Crippen LogP contribution in [-0.4, -0.2) is 18.1 Å². The van der Waals surface area contributed by atoms with Crippen molar-refractivity contribution in [3.05, 3.63) is 57.7 Å². The third-order valence-electron chi connectivity index (χ3n) is 3.91. The number of carbonyl (C=O) groups is 1. The lowest BCUT2D eigenvalue weighted by Gasteiger charge is -2.21. The molecule has 0 aromatic carbocycles. The Kier molecular flexibility index (Phi) is 4.30. The molecule has 5 heteroatoms. The first-order chi connectivity index (χ1) is 11.1. The van der Waals surface area contributed by atoms with Crippen LogP contribution in [-0.2, 0) is 4.74 Å². The first kappa shape index (κ1) is 15.5. The number of carbonyl (C=O) groups excluding carboxylic acids is 1. The van der Waals surface area contributed by atoms with E-state index >= 15 is 0 Å². The average molecular weight is 326 g/mol. The van der Waals surface area contributed by atoms with E-state index in [2.05, 4.69) is 16.4 Å². The second-order valence-electron chi connectivity index (χ2n) is 5.41. The molecule has 3 rings (SSSR count). The third kappa shape index (κ3) is 2.92. The highest BCUT2D eigenvalue weighted by Crippen LogP contribution is 2.34. The van der Waals surface area contributed by atoms with E-state index in [0.29, 0.717) is 11.3 Å². The minimum Gasteiger partial charge on any atom is -0.465 e. The summed E-state index contributed by atoms with van der Waals surface area (Å²) in [6, 6.07) is 3.85. The lowest BCUT2D eigenvalue weighted by Crippen LogP contribution is -2.16. The van der Waals surface area contributed by atoms with Crippen LogP contribution >= 0.6 is 11.3 Å². The highest BCUT2D eigenvalue weighted by molar-refractivity contribution is 7.08. The standard InChI is InChI=1S/C18H18N2O2S/c1-11-4-5-14(12(2)20-11)15-6-8-19-17(13-7-9-23-10-13)16(15)18(21)22-3/h4,6-10,20H,5H2,1-3H3. The van der Waals surface area contributed by atoms with E-state index < -0.39 is 0 Å². The fourth-order valence-corrected chi connectivity index (χ4v) is 3.42. The van der Waals surface area contributed by atoms with E-state index in [1.807, 2.05) is 36.7 Å². The van der Waals surface area contributed by atoms with E-state index in [1.54, 1.807) is 17.5 Å². The summed E-state index contributed by atoms with van der Waals surface area (Å²) in [6.07, 6.45) is 4.65.